The summed E-state index contributed by atoms with van der Waals surface area (Å²) in [5, 5.41) is 10.5. The molecule has 0 aliphatic carbocycles. The van der Waals surface area contributed by atoms with E-state index in [0.29, 0.717) is 6.54 Å². The Labute approximate surface area is 173 Å². The number of aliphatic hydroxyl groups excluding tert-OH is 1. The molecule has 1 atom stereocenters. The fourth-order valence-electron chi connectivity index (χ4n) is 3.77. The summed E-state index contributed by atoms with van der Waals surface area (Å²) in [5.41, 5.74) is 1.23. The molecule has 1 aromatic carbocycles. The van der Waals surface area contributed by atoms with Gasteiger partial charge in [-0.05, 0) is 44.3 Å². The lowest BCUT2D eigenvalue weighted by Gasteiger charge is -2.26. The van der Waals surface area contributed by atoms with Gasteiger partial charge in [-0.1, -0.05) is 6.07 Å². The minimum atomic E-state index is -0.504. The van der Waals surface area contributed by atoms with Gasteiger partial charge in [-0.25, -0.2) is 0 Å². The second-order valence-electron chi connectivity index (χ2n) is 7.80. The number of rotatable bonds is 8. The van der Waals surface area contributed by atoms with Crippen LogP contribution in [-0.4, -0.2) is 104 Å². The van der Waals surface area contributed by atoms with E-state index in [4.69, 9.17) is 9.47 Å². The zero-order valence-corrected chi connectivity index (χ0v) is 18.1. The summed E-state index contributed by atoms with van der Waals surface area (Å²) in [6.45, 7) is 8.36. The summed E-state index contributed by atoms with van der Waals surface area (Å²) in [6.07, 6.45) is 0.644. The van der Waals surface area contributed by atoms with Crippen molar-refractivity contribution >= 4 is 11.8 Å². The van der Waals surface area contributed by atoms with E-state index < -0.39 is 6.10 Å². The SMILES string of the molecule is COc1ccc(CN2CCSCC2)cc1OC[C@@H](O)CN1CCCN(C)CC1. The van der Waals surface area contributed by atoms with Crippen LogP contribution in [0.2, 0.25) is 0 Å². The maximum Gasteiger partial charge on any atom is 0.161 e. The van der Waals surface area contributed by atoms with Crippen LogP contribution in [0.5, 0.6) is 11.5 Å². The van der Waals surface area contributed by atoms with E-state index in [9.17, 15) is 5.11 Å². The number of likely N-dealkylation sites (N-methyl/N-ethyl adjacent to an activating group) is 1. The van der Waals surface area contributed by atoms with Crippen molar-refractivity contribution in [3.63, 3.8) is 0 Å². The molecule has 6 nitrogen and oxygen atoms in total. The molecule has 1 aromatic rings. The molecule has 1 N–H and O–H groups in total. The molecule has 2 aliphatic heterocycles. The first kappa shape index (κ1) is 21.7. The predicted molar refractivity (Wildman–Crippen MR) is 116 cm³/mol. The lowest BCUT2D eigenvalue weighted by molar-refractivity contribution is 0.0685. The molecule has 0 amide bonds. The van der Waals surface area contributed by atoms with Crippen molar-refractivity contribution in [2.24, 2.45) is 0 Å². The normalized spacial score (nSPS) is 21.2. The monoisotopic (exact) mass is 409 g/mol. The highest BCUT2D eigenvalue weighted by Gasteiger charge is 2.17. The first-order valence-electron chi connectivity index (χ1n) is 10.3. The van der Waals surface area contributed by atoms with E-state index in [-0.39, 0.29) is 6.61 Å². The molecule has 2 heterocycles. The highest BCUT2D eigenvalue weighted by Crippen LogP contribution is 2.29. The average Bonchev–Trinajstić information content (AvgIpc) is 2.91. The maximum absolute atomic E-state index is 10.5. The molecule has 0 saturated carbocycles. The van der Waals surface area contributed by atoms with E-state index in [1.807, 2.05) is 17.8 Å². The molecule has 2 fully saturated rings. The number of hydrogen-bond donors (Lipinski definition) is 1. The number of thioether (sulfide) groups is 1. The Hall–Kier alpha value is -0.990. The van der Waals surface area contributed by atoms with Gasteiger partial charge in [0.2, 0.25) is 0 Å². The van der Waals surface area contributed by atoms with Crippen molar-refractivity contribution in [1.82, 2.24) is 14.7 Å². The van der Waals surface area contributed by atoms with Gasteiger partial charge >= 0.3 is 0 Å². The Morgan fingerprint density at radius 3 is 2.64 bits per heavy atom. The van der Waals surface area contributed by atoms with E-state index in [0.717, 1.165) is 63.7 Å². The molecule has 28 heavy (non-hydrogen) atoms. The molecule has 0 spiro atoms. The summed E-state index contributed by atoms with van der Waals surface area (Å²) in [7, 11) is 3.82. The lowest BCUT2D eigenvalue weighted by atomic mass is 10.2. The molecule has 0 radical (unpaired) electrons. The van der Waals surface area contributed by atoms with E-state index in [1.54, 1.807) is 7.11 Å². The van der Waals surface area contributed by atoms with E-state index >= 15 is 0 Å². The van der Waals surface area contributed by atoms with Crippen molar-refractivity contribution in [2.45, 2.75) is 19.1 Å². The Bertz CT molecular complexity index is 598. The Balaban J connectivity index is 1.52. The third-order valence-corrected chi connectivity index (χ3v) is 6.39. The van der Waals surface area contributed by atoms with Crippen LogP contribution in [0, 0.1) is 0 Å². The van der Waals surface area contributed by atoms with Gasteiger partial charge in [-0.3, -0.25) is 9.80 Å². The van der Waals surface area contributed by atoms with Gasteiger partial charge in [0.1, 0.15) is 12.7 Å². The van der Waals surface area contributed by atoms with E-state index in [2.05, 4.69) is 33.9 Å². The summed E-state index contributed by atoms with van der Waals surface area (Å²) in [6, 6.07) is 6.15. The first-order chi connectivity index (χ1) is 13.6. The maximum atomic E-state index is 10.5. The minimum Gasteiger partial charge on any atom is -0.493 e. The largest absolute Gasteiger partial charge is 0.493 e. The number of methoxy groups -OCH3 is 1. The number of β-amino-alcohol motifs (C(OH)–C–C–N with tert-alkyl or cyclic N) is 1. The second-order valence-corrected chi connectivity index (χ2v) is 9.02. The van der Waals surface area contributed by atoms with Crippen LogP contribution in [0.1, 0.15) is 12.0 Å². The molecule has 0 bridgehead atoms. The van der Waals surface area contributed by atoms with Gasteiger partial charge in [0.15, 0.2) is 11.5 Å². The minimum absolute atomic E-state index is 0.284. The molecule has 158 valence electrons. The van der Waals surface area contributed by atoms with E-state index in [1.165, 1.54) is 17.1 Å². The summed E-state index contributed by atoms with van der Waals surface area (Å²) >= 11 is 2.02. The molecule has 3 rings (SSSR count). The molecular weight excluding hydrogens is 374 g/mol. The van der Waals surface area contributed by atoms with Gasteiger partial charge in [-0.15, -0.1) is 0 Å². The Morgan fingerprint density at radius 1 is 1.04 bits per heavy atom. The highest BCUT2D eigenvalue weighted by atomic mass is 32.2. The lowest BCUT2D eigenvalue weighted by Crippen LogP contribution is -2.37. The second kappa shape index (κ2) is 11.3. The number of hydrogen-bond acceptors (Lipinski definition) is 7. The van der Waals surface area contributed by atoms with Gasteiger partial charge in [-0.2, -0.15) is 11.8 Å². The van der Waals surface area contributed by atoms with Crippen LogP contribution < -0.4 is 9.47 Å². The number of benzene rings is 1. The predicted octanol–water partition coefficient (Wildman–Crippen LogP) is 1.62. The molecule has 2 saturated heterocycles. The molecule has 2 aliphatic rings. The standard InChI is InChI=1S/C21H35N3O3S/c1-22-6-3-7-23(9-8-22)16-19(25)17-27-21-14-18(4-5-20(21)26-2)15-24-10-12-28-13-11-24/h4-5,14,19,25H,3,6-13,15-17H2,1-2H3/t19-/m0/s1. The summed E-state index contributed by atoms with van der Waals surface area (Å²) in [5.74, 6) is 3.86. The Morgan fingerprint density at radius 2 is 1.86 bits per heavy atom. The van der Waals surface area contributed by atoms with Gasteiger partial charge < -0.3 is 19.5 Å². The number of aliphatic hydroxyl groups is 1. The van der Waals surface area contributed by atoms with Crippen molar-refractivity contribution in [2.75, 3.05) is 78.1 Å². The fraction of sp³-hybridized carbons (Fsp3) is 0.714. The quantitative estimate of drug-likeness (QED) is 0.700. The zero-order valence-electron chi connectivity index (χ0n) is 17.3. The molecule has 0 aromatic heterocycles. The zero-order chi connectivity index (χ0) is 19.8. The topological polar surface area (TPSA) is 48.4 Å². The van der Waals surface area contributed by atoms with Gasteiger partial charge in [0, 0.05) is 50.8 Å². The number of ether oxygens (including phenoxy) is 2. The molecule has 7 heteroatoms. The van der Waals surface area contributed by atoms with Crippen molar-refractivity contribution in [1.29, 1.82) is 0 Å². The Kier molecular flexibility index (Phi) is 8.73. The van der Waals surface area contributed by atoms with Crippen molar-refractivity contribution < 1.29 is 14.6 Å². The third kappa shape index (κ3) is 6.81. The number of nitrogens with zero attached hydrogens (tertiary/aromatic N) is 3. The van der Waals surface area contributed by atoms with Gasteiger partial charge in [0.05, 0.1) is 7.11 Å². The van der Waals surface area contributed by atoms with Crippen molar-refractivity contribution in [3.05, 3.63) is 23.8 Å². The smallest absolute Gasteiger partial charge is 0.161 e. The van der Waals surface area contributed by atoms with Crippen LogP contribution in [-0.2, 0) is 6.54 Å². The summed E-state index contributed by atoms with van der Waals surface area (Å²) in [4.78, 5) is 7.16. The van der Waals surface area contributed by atoms with Crippen LogP contribution >= 0.6 is 11.8 Å². The average molecular weight is 410 g/mol. The molecular formula is C21H35N3O3S. The highest BCUT2D eigenvalue weighted by molar-refractivity contribution is 7.99. The first-order valence-corrected chi connectivity index (χ1v) is 11.5. The van der Waals surface area contributed by atoms with Crippen LogP contribution in [0.25, 0.3) is 0 Å². The molecule has 0 unspecified atom stereocenters. The van der Waals surface area contributed by atoms with Crippen LogP contribution in [0.15, 0.2) is 18.2 Å². The fourth-order valence-corrected chi connectivity index (χ4v) is 4.75. The summed E-state index contributed by atoms with van der Waals surface area (Å²) < 4.78 is 11.4. The van der Waals surface area contributed by atoms with Gasteiger partial charge in [0.25, 0.3) is 0 Å². The van der Waals surface area contributed by atoms with Crippen molar-refractivity contribution in [3.8, 4) is 11.5 Å². The third-order valence-electron chi connectivity index (χ3n) is 5.45. The van der Waals surface area contributed by atoms with Crippen LogP contribution in [0.3, 0.4) is 0 Å². The van der Waals surface area contributed by atoms with Crippen LogP contribution in [0.4, 0.5) is 0 Å².